The second kappa shape index (κ2) is 4.83. The quantitative estimate of drug-likeness (QED) is 0.621. The van der Waals surface area contributed by atoms with Crippen LogP contribution in [0, 0.1) is 11.8 Å². The predicted octanol–water partition coefficient (Wildman–Crippen LogP) is 0.546. The third-order valence-electron chi connectivity index (χ3n) is 2.76. The molecule has 80 valence electrons. The van der Waals surface area contributed by atoms with Crippen molar-refractivity contribution in [1.82, 2.24) is 5.32 Å². The molecule has 0 aromatic carbocycles. The largest absolute Gasteiger partial charge is 0.481 e. The van der Waals surface area contributed by atoms with Crippen LogP contribution in [0.5, 0.6) is 0 Å². The van der Waals surface area contributed by atoms with Crippen LogP contribution in [0.2, 0.25) is 0 Å². The van der Waals surface area contributed by atoms with Gasteiger partial charge in [0.1, 0.15) is 0 Å². The highest BCUT2D eigenvalue weighted by Crippen LogP contribution is 2.29. The minimum atomic E-state index is -0.763. The molecule has 5 nitrogen and oxygen atoms in total. The van der Waals surface area contributed by atoms with Gasteiger partial charge >= 0.3 is 12.0 Å². The Morgan fingerprint density at radius 3 is 2.57 bits per heavy atom. The summed E-state index contributed by atoms with van der Waals surface area (Å²) in [6.07, 6.45) is 3.57. The van der Waals surface area contributed by atoms with Gasteiger partial charge in [0, 0.05) is 6.54 Å². The van der Waals surface area contributed by atoms with Gasteiger partial charge in [0.2, 0.25) is 0 Å². The van der Waals surface area contributed by atoms with Gasteiger partial charge < -0.3 is 16.2 Å². The Morgan fingerprint density at radius 1 is 1.36 bits per heavy atom. The Balaban J connectivity index is 2.45. The number of aliphatic carboxylic acids is 1. The zero-order chi connectivity index (χ0) is 10.6. The first-order chi connectivity index (χ1) is 6.61. The van der Waals surface area contributed by atoms with Crippen LogP contribution in [0.1, 0.15) is 25.7 Å². The SMILES string of the molecule is NC(=O)NCC1CCCCC1C(=O)O. The molecule has 1 aliphatic rings. The highest BCUT2D eigenvalue weighted by atomic mass is 16.4. The summed E-state index contributed by atoms with van der Waals surface area (Å²) >= 11 is 0. The highest BCUT2D eigenvalue weighted by Gasteiger charge is 2.30. The Hall–Kier alpha value is -1.26. The van der Waals surface area contributed by atoms with Crippen LogP contribution in [-0.4, -0.2) is 23.7 Å². The maximum atomic E-state index is 10.9. The Bertz CT molecular complexity index is 230. The van der Waals surface area contributed by atoms with Gasteiger partial charge in [0.05, 0.1) is 5.92 Å². The van der Waals surface area contributed by atoms with Gasteiger partial charge in [0.25, 0.3) is 0 Å². The molecule has 0 bridgehead atoms. The van der Waals surface area contributed by atoms with E-state index in [0.29, 0.717) is 13.0 Å². The molecule has 0 radical (unpaired) electrons. The number of nitrogens with two attached hydrogens (primary N) is 1. The molecule has 14 heavy (non-hydrogen) atoms. The molecular weight excluding hydrogens is 184 g/mol. The molecule has 2 atom stereocenters. The van der Waals surface area contributed by atoms with Crippen LogP contribution in [0.25, 0.3) is 0 Å². The van der Waals surface area contributed by atoms with Gasteiger partial charge in [-0.2, -0.15) is 0 Å². The molecule has 5 heteroatoms. The van der Waals surface area contributed by atoms with Crippen LogP contribution < -0.4 is 11.1 Å². The molecule has 1 fully saturated rings. The number of hydrogen-bond donors (Lipinski definition) is 3. The lowest BCUT2D eigenvalue weighted by molar-refractivity contribution is -0.144. The standard InChI is InChI=1S/C9H16N2O3/c10-9(14)11-5-6-3-1-2-4-7(6)8(12)13/h6-7H,1-5H2,(H,12,13)(H3,10,11,14). The molecule has 2 unspecified atom stereocenters. The van der Waals surface area contributed by atoms with E-state index in [2.05, 4.69) is 5.32 Å². The lowest BCUT2D eigenvalue weighted by atomic mass is 9.79. The van der Waals surface area contributed by atoms with Crippen LogP contribution in [0.15, 0.2) is 0 Å². The lowest BCUT2D eigenvalue weighted by Crippen LogP contribution is -2.39. The van der Waals surface area contributed by atoms with E-state index in [1.165, 1.54) is 0 Å². The average Bonchev–Trinajstić information content (AvgIpc) is 2.15. The lowest BCUT2D eigenvalue weighted by Gasteiger charge is -2.28. The fourth-order valence-corrected chi connectivity index (χ4v) is 2.01. The highest BCUT2D eigenvalue weighted by molar-refractivity contribution is 5.72. The predicted molar refractivity (Wildman–Crippen MR) is 50.7 cm³/mol. The fraction of sp³-hybridized carbons (Fsp3) is 0.778. The molecule has 0 aliphatic heterocycles. The Labute approximate surface area is 82.7 Å². The van der Waals surface area contributed by atoms with E-state index in [-0.39, 0.29) is 11.8 Å². The van der Waals surface area contributed by atoms with Gasteiger partial charge in [-0.15, -0.1) is 0 Å². The summed E-state index contributed by atoms with van der Waals surface area (Å²) in [5.74, 6) is -1.05. The number of hydrogen-bond acceptors (Lipinski definition) is 2. The zero-order valence-electron chi connectivity index (χ0n) is 8.03. The molecule has 0 spiro atoms. The van der Waals surface area contributed by atoms with E-state index in [1.807, 2.05) is 0 Å². The van der Waals surface area contributed by atoms with Crippen LogP contribution in [0.4, 0.5) is 4.79 Å². The first kappa shape index (κ1) is 10.8. The smallest absolute Gasteiger partial charge is 0.312 e. The molecule has 2 amide bonds. The minimum absolute atomic E-state index is 0.0359. The second-order valence-electron chi connectivity index (χ2n) is 3.73. The monoisotopic (exact) mass is 200 g/mol. The minimum Gasteiger partial charge on any atom is -0.481 e. The van der Waals surface area contributed by atoms with Crippen LogP contribution in [0.3, 0.4) is 0 Å². The van der Waals surface area contributed by atoms with Crippen molar-refractivity contribution in [3.8, 4) is 0 Å². The van der Waals surface area contributed by atoms with Crippen LogP contribution >= 0.6 is 0 Å². The number of carboxylic acid groups (broad SMARTS) is 1. The van der Waals surface area contributed by atoms with Crippen molar-refractivity contribution in [1.29, 1.82) is 0 Å². The summed E-state index contributed by atoms with van der Waals surface area (Å²) in [7, 11) is 0. The van der Waals surface area contributed by atoms with Crippen molar-refractivity contribution in [2.24, 2.45) is 17.6 Å². The van der Waals surface area contributed by atoms with Gasteiger partial charge in [-0.1, -0.05) is 12.8 Å². The fourth-order valence-electron chi connectivity index (χ4n) is 2.01. The van der Waals surface area contributed by atoms with Crippen molar-refractivity contribution >= 4 is 12.0 Å². The topological polar surface area (TPSA) is 92.4 Å². The molecule has 0 saturated heterocycles. The van der Waals surface area contributed by atoms with Gasteiger partial charge in [0.15, 0.2) is 0 Å². The third-order valence-corrected chi connectivity index (χ3v) is 2.76. The van der Waals surface area contributed by atoms with Crippen molar-refractivity contribution in [3.05, 3.63) is 0 Å². The summed E-state index contributed by atoms with van der Waals surface area (Å²) in [5.41, 5.74) is 4.93. The van der Waals surface area contributed by atoms with Crippen LogP contribution in [-0.2, 0) is 4.79 Å². The van der Waals surface area contributed by atoms with Crippen molar-refractivity contribution in [2.75, 3.05) is 6.54 Å². The zero-order valence-corrected chi connectivity index (χ0v) is 8.03. The number of amides is 2. The number of carbonyl (C=O) groups is 2. The van der Waals surface area contributed by atoms with Crippen molar-refractivity contribution in [3.63, 3.8) is 0 Å². The molecule has 1 aliphatic carbocycles. The molecule has 1 rings (SSSR count). The maximum Gasteiger partial charge on any atom is 0.312 e. The molecule has 4 N–H and O–H groups in total. The average molecular weight is 200 g/mol. The summed E-state index contributed by atoms with van der Waals surface area (Å²) in [6, 6.07) is -0.584. The van der Waals surface area contributed by atoms with Gasteiger partial charge in [-0.3, -0.25) is 4.79 Å². The molecule has 1 saturated carbocycles. The summed E-state index contributed by atoms with van der Waals surface area (Å²) in [6.45, 7) is 0.381. The normalized spacial score (nSPS) is 26.9. The van der Waals surface area contributed by atoms with Crippen molar-refractivity contribution in [2.45, 2.75) is 25.7 Å². The number of carboxylic acids is 1. The molecular formula is C9H16N2O3. The van der Waals surface area contributed by atoms with E-state index in [0.717, 1.165) is 19.3 Å². The Kier molecular flexibility index (Phi) is 3.73. The summed E-state index contributed by atoms with van der Waals surface area (Å²) in [4.78, 5) is 21.3. The molecule has 0 aromatic rings. The molecule has 0 aromatic heterocycles. The Morgan fingerprint density at radius 2 is 2.00 bits per heavy atom. The first-order valence-corrected chi connectivity index (χ1v) is 4.87. The molecule has 0 heterocycles. The number of primary amides is 1. The maximum absolute atomic E-state index is 10.9. The number of rotatable bonds is 3. The second-order valence-corrected chi connectivity index (χ2v) is 3.73. The van der Waals surface area contributed by atoms with Gasteiger partial charge in [-0.05, 0) is 18.8 Å². The van der Waals surface area contributed by atoms with Gasteiger partial charge in [-0.25, -0.2) is 4.79 Å². The van der Waals surface area contributed by atoms with E-state index in [1.54, 1.807) is 0 Å². The third kappa shape index (κ3) is 2.90. The van der Waals surface area contributed by atoms with E-state index >= 15 is 0 Å². The van der Waals surface area contributed by atoms with E-state index in [9.17, 15) is 9.59 Å². The van der Waals surface area contributed by atoms with Crippen molar-refractivity contribution < 1.29 is 14.7 Å². The first-order valence-electron chi connectivity index (χ1n) is 4.87. The number of urea groups is 1. The summed E-state index contributed by atoms with van der Waals surface area (Å²) in [5, 5.41) is 11.4. The van der Waals surface area contributed by atoms with E-state index in [4.69, 9.17) is 10.8 Å². The van der Waals surface area contributed by atoms with E-state index < -0.39 is 12.0 Å². The number of nitrogens with one attached hydrogen (secondary N) is 1. The number of carbonyl (C=O) groups excluding carboxylic acids is 1. The summed E-state index contributed by atoms with van der Waals surface area (Å²) < 4.78 is 0.